The molecular weight excluding hydrogens is 463 g/mol. The number of hydrogen-bond donors (Lipinski definition) is 1. The number of hydrogen-bond acceptors (Lipinski definition) is 5. The lowest BCUT2D eigenvalue weighted by molar-refractivity contribution is -0.137. The van der Waals surface area contributed by atoms with Gasteiger partial charge in [0.05, 0.1) is 12.6 Å². The molecular formula is C28H39FN2O3S. The summed E-state index contributed by atoms with van der Waals surface area (Å²) in [5.41, 5.74) is 1.44. The molecule has 4 rings (SSSR count). The number of carbonyl (C=O) groups is 1. The molecule has 1 aliphatic carbocycles. The van der Waals surface area contributed by atoms with Crippen LogP contribution in [0.3, 0.4) is 0 Å². The highest BCUT2D eigenvalue weighted by molar-refractivity contribution is 7.99. The standard InChI is InChI=1S/C28H39FN2O3S/c1-34-22-8-10-27-25(18-22)24(12-14-30-27)26(29)9-6-20-13-15-31(19-21(20)7-11-28(32)33)16-17-35-23-4-2-3-5-23/h8,10,12,14,18,20-21,23,26H,2-7,9,11,13,15-17,19H2,1H3,(H,32,33)/t20-,21-,26-/m1/s1. The number of nitrogens with zero attached hydrogens (tertiary/aromatic N) is 2. The maximum absolute atomic E-state index is 15.5. The van der Waals surface area contributed by atoms with Crippen LogP contribution in [-0.4, -0.2) is 58.7 Å². The first kappa shape index (κ1) is 26.2. The first-order chi connectivity index (χ1) is 17.0. The lowest BCUT2D eigenvalue weighted by atomic mass is 9.79. The molecule has 1 aliphatic heterocycles. The van der Waals surface area contributed by atoms with E-state index in [4.69, 9.17) is 4.74 Å². The summed E-state index contributed by atoms with van der Waals surface area (Å²) in [6.07, 6.45) is 9.19. The van der Waals surface area contributed by atoms with Gasteiger partial charge in [0.2, 0.25) is 0 Å². The zero-order valence-corrected chi connectivity index (χ0v) is 21.6. The fourth-order valence-corrected chi connectivity index (χ4v) is 7.20. The van der Waals surface area contributed by atoms with Crippen molar-refractivity contribution in [3.63, 3.8) is 0 Å². The van der Waals surface area contributed by atoms with Gasteiger partial charge in [-0.2, -0.15) is 11.8 Å². The second-order valence-corrected chi connectivity index (χ2v) is 11.6. The van der Waals surface area contributed by atoms with Crippen LogP contribution in [0.2, 0.25) is 0 Å². The fourth-order valence-electron chi connectivity index (χ4n) is 5.84. The monoisotopic (exact) mass is 502 g/mol. The number of piperidine rings is 1. The smallest absolute Gasteiger partial charge is 0.303 e. The lowest BCUT2D eigenvalue weighted by Crippen LogP contribution is -2.41. The van der Waals surface area contributed by atoms with Gasteiger partial charge < -0.3 is 14.7 Å². The summed E-state index contributed by atoms with van der Waals surface area (Å²) < 4.78 is 20.8. The van der Waals surface area contributed by atoms with E-state index in [2.05, 4.69) is 21.6 Å². The van der Waals surface area contributed by atoms with E-state index in [0.717, 1.165) is 54.4 Å². The predicted molar refractivity (Wildman–Crippen MR) is 141 cm³/mol. The molecule has 3 atom stereocenters. The molecule has 0 radical (unpaired) electrons. The summed E-state index contributed by atoms with van der Waals surface area (Å²) in [5, 5.41) is 10.9. The summed E-state index contributed by atoms with van der Waals surface area (Å²) in [6, 6.07) is 7.35. The molecule has 1 saturated heterocycles. The van der Waals surface area contributed by atoms with Crippen molar-refractivity contribution in [3.05, 3.63) is 36.0 Å². The Morgan fingerprint density at radius 3 is 2.83 bits per heavy atom. The number of likely N-dealkylation sites (tertiary alicyclic amines) is 1. The molecule has 1 N–H and O–H groups in total. The molecule has 0 amide bonds. The first-order valence-electron chi connectivity index (χ1n) is 13.2. The molecule has 1 aromatic heterocycles. The Morgan fingerprint density at radius 2 is 2.06 bits per heavy atom. The lowest BCUT2D eigenvalue weighted by Gasteiger charge is -2.39. The van der Waals surface area contributed by atoms with Gasteiger partial charge in [-0.05, 0) is 86.7 Å². The Labute approximate surface area is 212 Å². The van der Waals surface area contributed by atoms with E-state index in [9.17, 15) is 9.90 Å². The predicted octanol–water partition coefficient (Wildman–Crippen LogP) is 6.51. The second kappa shape index (κ2) is 12.9. The molecule has 192 valence electrons. The van der Waals surface area contributed by atoms with Gasteiger partial charge >= 0.3 is 5.97 Å². The number of alkyl halides is 1. The molecule has 2 aromatic rings. The molecule has 2 fully saturated rings. The number of aromatic nitrogens is 1. The van der Waals surface area contributed by atoms with Gasteiger partial charge in [-0.25, -0.2) is 4.39 Å². The van der Waals surface area contributed by atoms with Crippen LogP contribution in [0.5, 0.6) is 5.75 Å². The van der Waals surface area contributed by atoms with Gasteiger partial charge in [0.1, 0.15) is 11.9 Å². The zero-order valence-electron chi connectivity index (χ0n) is 20.8. The van der Waals surface area contributed by atoms with Crippen LogP contribution in [0.1, 0.15) is 69.5 Å². The third-order valence-corrected chi connectivity index (χ3v) is 9.24. The van der Waals surface area contributed by atoms with Gasteiger partial charge in [0.25, 0.3) is 0 Å². The number of fused-ring (bicyclic) bond motifs is 1. The van der Waals surface area contributed by atoms with E-state index >= 15 is 4.39 Å². The third kappa shape index (κ3) is 7.32. The van der Waals surface area contributed by atoms with E-state index < -0.39 is 12.1 Å². The minimum Gasteiger partial charge on any atom is -0.497 e. The van der Waals surface area contributed by atoms with Crippen molar-refractivity contribution in [3.8, 4) is 5.75 Å². The number of aliphatic carboxylic acids is 1. The van der Waals surface area contributed by atoms with Crippen molar-refractivity contribution < 1.29 is 19.0 Å². The fraction of sp³-hybridized carbons (Fsp3) is 0.643. The molecule has 0 unspecified atom stereocenters. The van der Waals surface area contributed by atoms with Crippen LogP contribution in [0.25, 0.3) is 10.9 Å². The Kier molecular flexibility index (Phi) is 9.67. The van der Waals surface area contributed by atoms with E-state index in [0.29, 0.717) is 36.0 Å². The summed E-state index contributed by atoms with van der Waals surface area (Å²) in [7, 11) is 1.61. The Balaban J connectivity index is 1.34. The van der Waals surface area contributed by atoms with Crippen molar-refractivity contribution in [2.24, 2.45) is 11.8 Å². The van der Waals surface area contributed by atoms with Gasteiger partial charge in [-0.3, -0.25) is 9.78 Å². The minimum absolute atomic E-state index is 0.194. The molecule has 1 aromatic carbocycles. The van der Waals surface area contributed by atoms with Crippen molar-refractivity contribution in [2.75, 3.05) is 32.5 Å². The van der Waals surface area contributed by atoms with Gasteiger partial charge in [-0.1, -0.05) is 12.8 Å². The van der Waals surface area contributed by atoms with Gasteiger partial charge in [0.15, 0.2) is 0 Å². The maximum Gasteiger partial charge on any atom is 0.303 e. The number of benzene rings is 1. The number of carboxylic acids is 1. The number of methoxy groups -OCH3 is 1. The molecule has 2 aliphatic rings. The topological polar surface area (TPSA) is 62.7 Å². The summed E-state index contributed by atoms with van der Waals surface area (Å²) in [4.78, 5) is 18.2. The molecule has 0 spiro atoms. The summed E-state index contributed by atoms with van der Waals surface area (Å²) in [5.74, 6) is 1.81. The Bertz CT molecular complexity index is 968. The third-order valence-electron chi connectivity index (χ3n) is 7.88. The van der Waals surface area contributed by atoms with E-state index in [1.807, 2.05) is 18.2 Å². The average molecular weight is 503 g/mol. The number of pyridine rings is 1. The quantitative estimate of drug-likeness (QED) is 0.357. The van der Waals surface area contributed by atoms with Crippen molar-refractivity contribution in [2.45, 2.75) is 69.2 Å². The maximum atomic E-state index is 15.5. The number of rotatable bonds is 12. The number of halogens is 1. The number of carboxylic acid groups (broad SMARTS) is 1. The minimum atomic E-state index is -1.08. The SMILES string of the molecule is COc1ccc2nccc([C@H](F)CC[C@@H]3CCN(CCSC4CCCC4)C[C@H]3CCC(=O)O)c2c1. The Hall–Kier alpha value is -1.86. The largest absolute Gasteiger partial charge is 0.497 e. The van der Waals surface area contributed by atoms with Crippen LogP contribution in [-0.2, 0) is 4.79 Å². The molecule has 2 heterocycles. The van der Waals surface area contributed by atoms with Crippen molar-refractivity contribution >= 4 is 28.6 Å². The highest BCUT2D eigenvalue weighted by Crippen LogP contribution is 2.37. The van der Waals surface area contributed by atoms with Crippen molar-refractivity contribution in [1.82, 2.24) is 9.88 Å². The summed E-state index contributed by atoms with van der Waals surface area (Å²) in [6.45, 7) is 3.05. The van der Waals surface area contributed by atoms with Crippen LogP contribution >= 0.6 is 11.8 Å². The van der Waals surface area contributed by atoms with Gasteiger partial charge in [0, 0.05) is 42.1 Å². The van der Waals surface area contributed by atoms with Crippen molar-refractivity contribution in [1.29, 1.82) is 0 Å². The molecule has 35 heavy (non-hydrogen) atoms. The number of ether oxygens (including phenoxy) is 1. The average Bonchev–Trinajstić information content (AvgIpc) is 3.39. The number of thioether (sulfide) groups is 1. The zero-order chi connectivity index (χ0) is 24.6. The van der Waals surface area contributed by atoms with E-state index in [-0.39, 0.29) is 6.42 Å². The van der Waals surface area contributed by atoms with Crippen LogP contribution in [0.15, 0.2) is 30.5 Å². The molecule has 0 bridgehead atoms. The first-order valence-corrected chi connectivity index (χ1v) is 14.2. The normalized spacial score (nSPS) is 22.5. The van der Waals surface area contributed by atoms with E-state index in [1.165, 1.54) is 25.7 Å². The van der Waals surface area contributed by atoms with Gasteiger partial charge in [-0.15, -0.1) is 0 Å². The van der Waals surface area contributed by atoms with Crippen LogP contribution in [0, 0.1) is 11.8 Å². The molecule has 5 nitrogen and oxygen atoms in total. The van der Waals surface area contributed by atoms with E-state index in [1.54, 1.807) is 19.4 Å². The summed E-state index contributed by atoms with van der Waals surface area (Å²) >= 11 is 2.11. The highest BCUT2D eigenvalue weighted by Gasteiger charge is 2.30. The molecule has 7 heteroatoms. The van der Waals surface area contributed by atoms with Crippen LogP contribution < -0.4 is 4.74 Å². The Morgan fingerprint density at radius 1 is 1.23 bits per heavy atom. The highest BCUT2D eigenvalue weighted by atomic mass is 32.2. The molecule has 1 saturated carbocycles. The van der Waals surface area contributed by atoms with Crippen LogP contribution in [0.4, 0.5) is 4.39 Å². The second-order valence-electron chi connectivity index (χ2n) is 10.1.